The summed E-state index contributed by atoms with van der Waals surface area (Å²) in [7, 11) is 0. The molecule has 0 saturated carbocycles. The summed E-state index contributed by atoms with van der Waals surface area (Å²) < 4.78 is 0. The Hall–Kier alpha value is -1.24. The molecule has 1 saturated heterocycles. The minimum atomic E-state index is -0.374. The third kappa shape index (κ3) is 2.29. The maximum Gasteiger partial charge on any atom is 0.133 e. The molecule has 0 spiro atoms. The number of hydrogen-bond acceptors (Lipinski definition) is 6. The van der Waals surface area contributed by atoms with Gasteiger partial charge in [-0.25, -0.2) is 9.97 Å². The van der Waals surface area contributed by atoms with Crippen LogP contribution in [0.1, 0.15) is 6.42 Å². The summed E-state index contributed by atoms with van der Waals surface area (Å²) in [6, 6.07) is 1.84. The average Bonchev–Trinajstić information content (AvgIpc) is 2.69. The van der Waals surface area contributed by atoms with E-state index in [0.29, 0.717) is 13.1 Å². The summed E-state index contributed by atoms with van der Waals surface area (Å²) in [4.78, 5) is 10.1. The van der Waals surface area contributed by atoms with Gasteiger partial charge >= 0.3 is 0 Å². The normalized spacial score (nSPS) is 25.0. The fourth-order valence-corrected chi connectivity index (χ4v) is 1.96. The van der Waals surface area contributed by atoms with Crippen molar-refractivity contribution in [3.8, 4) is 0 Å². The smallest absolute Gasteiger partial charge is 0.133 e. The number of anilines is 1. The number of hydrogen-bond donors (Lipinski definition) is 3. The summed E-state index contributed by atoms with van der Waals surface area (Å²) >= 11 is 0. The zero-order valence-corrected chi connectivity index (χ0v) is 9.08. The number of nitrogens with two attached hydrogens (primary N) is 1. The van der Waals surface area contributed by atoms with Crippen LogP contribution >= 0.6 is 0 Å². The molecular formula is C10H17N5O. The van der Waals surface area contributed by atoms with Crippen molar-refractivity contribution in [2.24, 2.45) is 5.73 Å². The predicted molar refractivity (Wildman–Crippen MR) is 60.8 cm³/mol. The maximum absolute atomic E-state index is 9.86. The highest BCUT2D eigenvalue weighted by molar-refractivity contribution is 5.39. The van der Waals surface area contributed by atoms with Crippen LogP contribution in [0.4, 0.5) is 5.82 Å². The number of aromatic nitrogens is 2. The zero-order chi connectivity index (χ0) is 11.4. The number of aliphatic hydroxyl groups excluding tert-OH is 1. The summed E-state index contributed by atoms with van der Waals surface area (Å²) in [6.45, 7) is 2.03. The Balaban J connectivity index is 2.08. The molecule has 1 aliphatic rings. The summed E-state index contributed by atoms with van der Waals surface area (Å²) in [5, 5.41) is 13.1. The Kier molecular flexibility index (Phi) is 3.66. The Bertz CT molecular complexity index is 320. The molecule has 1 aromatic rings. The van der Waals surface area contributed by atoms with E-state index in [1.807, 2.05) is 11.0 Å². The average molecular weight is 223 g/mol. The molecule has 2 heterocycles. The quantitative estimate of drug-likeness (QED) is 0.602. The predicted octanol–water partition coefficient (Wildman–Crippen LogP) is -1.08. The van der Waals surface area contributed by atoms with Crippen molar-refractivity contribution in [3.63, 3.8) is 0 Å². The molecule has 4 N–H and O–H groups in total. The topological polar surface area (TPSA) is 87.3 Å². The van der Waals surface area contributed by atoms with Crippen LogP contribution in [0.15, 0.2) is 18.6 Å². The molecule has 6 heteroatoms. The molecule has 2 rings (SSSR count). The van der Waals surface area contributed by atoms with Gasteiger partial charge in [0, 0.05) is 25.8 Å². The van der Waals surface area contributed by atoms with E-state index in [2.05, 4.69) is 15.3 Å². The van der Waals surface area contributed by atoms with E-state index >= 15 is 0 Å². The molecule has 16 heavy (non-hydrogen) atoms. The molecule has 0 radical (unpaired) electrons. The highest BCUT2D eigenvalue weighted by Gasteiger charge is 2.32. The van der Waals surface area contributed by atoms with Crippen molar-refractivity contribution in [2.45, 2.75) is 18.7 Å². The van der Waals surface area contributed by atoms with Gasteiger partial charge in [-0.05, 0) is 12.5 Å². The van der Waals surface area contributed by atoms with Crippen LogP contribution in [0.3, 0.4) is 0 Å². The highest BCUT2D eigenvalue weighted by Crippen LogP contribution is 2.21. The van der Waals surface area contributed by atoms with Gasteiger partial charge in [0.25, 0.3) is 0 Å². The zero-order valence-electron chi connectivity index (χ0n) is 9.08. The van der Waals surface area contributed by atoms with Crippen molar-refractivity contribution in [1.29, 1.82) is 0 Å². The van der Waals surface area contributed by atoms with Crippen LogP contribution in [-0.2, 0) is 0 Å². The molecular weight excluding hydrogens is 206 g/mol. The summed E-state index contributed by atoms with van der Waals surface area (Å²) in [5.74, 6) is 0.834. The van der Waals surface area contributed by atoms with E-state index in [4.69, 9.17) is 5.73 Å². The molecule has 0 bridgehead atoms. The lowest BCUT2D eigenvalue weighted by Gasteiger charge is -2.27. The second-order valence-corrected chi connectivity index (χ2v) is 3.80. The number of nitrogens with one attached hydrogen (secondary N) is 1. The molecule has 0 aromatic carbocycles. The van der Waals surface area contributed by atoms with Crippen LogP contribution in [0, 0.1) is 0 Å². The Labute approximate surface area is 94.5 Å². The first-order chi connectivity index (χ1) is 7.83. The fourth-order valence-electron chi connectivity index (χ4n) is 1.96. The first kappa shape index (κ1) is 11.3. The summed E-state index contributed by atoms with van der Waals surface area (Å²) in [6.07, 6.45) is 3.49. The van der Waals surface area contributed by atoms with Gasteiger partial charge in [-0.1, -0.05) is 0 Å². The lowest BCUT2D eigenvalue weighted by molar-refractivity contribution is 0.151. The third-order valence-corrected chi connectivity index (χ3v) is 2.72. The van der Waals surface area contributed by atoms with Gasteiger partial charge in [0.1, 0.15) is 18.3 Å². The van der Waals surface area contributed by atoms with E-state index in [-0.39, 0.29) is 12.3 Å². The second-order valence-electron chi connectivity index (χ2n) is 3.80. The first-order valence-electron chi connectivity index (χ1n) is 5.47. The van der Waals surface area contributed by atoms with Gasteiger partial charge in [-0.3, -0.25) is 5.32 Å². The lowest BCUT2D eigenvalue weighted by atomic mass is 10.2. The molecule has 6 nitrogen and oxygen atoms in total. The molecule has 0 amide bonds. The minimum absolute atomic E-state index is 0.0987. The number of aliphatic hydroxyl groups is 1. The second kappa shape index (κ2) is 5.20. The van der Waals surface area contributed by atoms with Crippen LogP contribution in [-0.4, -0.2) is 47.0 Å². The van der Waals surface area contributed by atoms with E-state index < -0.39 is 0 Å². The summed E-state index contributed by atoms with van der Waals surface area (Å²) in [5.41, 5.74) is 5.45. The van der Waals surface area contributed by atoms with E-state index in [9.17, 15) is 5.11 Å². The Morgan fingerprint density at radius 1 is 1.62 bits per heavy atom. The molecule has 0 aliphatic carbocycles. The maximum atomic E-state index is 9.86. The van der Waals surface area contributed by atoms with Crippen molar-refractivity contribution >= 4 is 5.82 Å². The van der Waals surface area contributed by atoms with Crippen LogP contribution in [0.2, 0.25) is 0 Å². The van der Waals surface area contributed by atoms with Crippen molar-refractivity contribution in [2.75, 3.05) is 24.5 Å². The minimum Gasteiger partial charge on any atom is -0.389 e. The van der Waals surface area contributed by atoms with Crippen molar-refractivity contribution in [1.82, 2.24) is 15.3 Å². The van der Waals surface area contributed by atoms with Crippen LogP contribution in [0.25, 0.3) is 0 Å². The van der Waals surface area contributed by atoms with Gasteiger partial charge in [0.2, 0.25) is 0 Å². The monoisotopic (exact) mass is 223 g/mol. The molecule has 2 atom stereocenters. The van der Waals surface area contributed by atoms with E-state index in [1.165, 1.54) is 6.33 Å². The van der Waals surface area contributed by atoms with Gasteiger partial charge in [-0.2, -0.15) is 0 Å². The van der Waals surface area contributed by atoms with Crippen LogP contribution in [0.5, 0.6) is 0 Å². The SMILES string of the molecule is NCCNC1C(O)CCN1c1ccncn1. The van der Waals surface area contributed by atoms with E-state index in [1.54, 1.807) is 6.20 Å². The Morgan fingerprint density at radius 2 is 2.50 bits per heavy atom. The molecule has 1 aromatic heterocycles. The first-order valence-corrected chi connectivity index (χ1v) is 5.47. The van der Waals surface area contributed by atoms with Crippen LogP contribution < -0.4 is 16.0 Å². The highest BCUT2D eigenvalue weighted by atomic mass is 16.3. The fraction of sp³-hybridized carbons (Fsp3) is 0.600. The number of rotatable bonds is 4. The molecule has 1 fully saturated rings. The van der Waals surface area contributed by atoms with Gasteiger partial charge in [0.15, 0.2) is 0 Å². The lowest BCUT2D eigenvalue weighted by Crippen LogP contribution is -2.48. The largest absolute Gasteiger partial charge is 0.389 e. The number of nitrogens with zero attached hydrogens (tertiary/aromatic N) is 3. The van der Waals surface area contributed by atoms with Gasteiger partial charge in [0.05, 0.1) is 6.10 Å². The molecule has 88 valence electrons. The van der Waals surface area contributed by atoms with Crippen molar-refractivity contribution in [3.05, 3.63) is 18.6 Å². The Morgan fingerprint density at radius 3 is 3.19 bits per heavy atom. The van der Waals surface area contributed by atoms with Gasteiger partial charge in [-0.15, -0.1) is 0 Å². The molecule has 2 unspecified atom stereocenters. The standard InChI is InChI=1S/C10H17N5O/c11-3-5-13-10-8(16)2-6-15(10)9-1-4-12-7-14-9/h1,4,7-8,10,13,16H,2-3,5-6,11H2. The molecule has 1 aliphatic heterocycles. The van der Waals surface area contributed by atoms with E-state index in [0.717, 1.165) is 18.8 Å². The van der Waals surface area contributed by atoms with Crippen molar-refractivity contribution < 1.29 is 5.11 Å². The third-order valence-electron chi connectivity index (χ3n) is 2.72. The van der Waals surface area contributed by atoms with Gasteiger partial charge < -0.3 is 15.7 Å².